The summed E-state index contributed by atoms with van der Waals surface area (Å²) in [5.74, 6) is 0.0336. The third-order valence-electron chi connectivity index (χ3n) is 4.99. The Bertz CT molecular complexity index is 1210. The SMILES string of the molecule is C/C=S(\N)c1ccc(C(=O)Nc2ccc(-c3ccccc3C(F)(F)F)c(CO)c2)cc1OC. The van der Waals surface area contributed by atoms with E-state index in [0.717, 1.165) is 11.0 Å². The molecule has 3 rings (SSSR count). The largest absolute Gasteiger partial charge is 0.496 e. The number of alkyl halides is 3. The zero-order valence-corrected chi connectivity index (χ0v) is 18.8. The highest BCUT2D eigenvalue weighted by Crippen LogP contribution is 2.39. The quantitative estimate of drug-likeness (QED) is 0.413. The zero-order valence-electron chi connectivity index (χ0n) is 17.9. The van der Waals surface area contributed by atoms with Crippen LogP contribution in [0.25, 0.3) is 11.1 Å². The molecule has 9 heteroatoms. The van der Waals surface area contributed by atoms with Crippen molar-refractivity contribution in [3.05, 3.63) is 77.4 Å². The van der Waals surface area contributed by atoms with Crippen LogP contribution in [-0.4, -0.2) is 23.5 Å². The summed E-state index contributed by atoms with van der Waals surface area (Å²) in [6.07, 6.45) is -4.54. The first-order valence-corrected chi connectivity index (χ1v) is 11.2. The van der Waals surface area contributed by atoms with Crippen LogP contribution >= 0.6 is 10.7 Å². The summed E-state index contributed by atoms with van der Waals surface area (Å²) in [7, 11) is 0.850. The van der Waals surface area contributed by atoms with Gasteiger partial charge in [-0.3, -0.25) is 9.93 Å². The monoisotopic (exact) mass is 476 g/mol. The molecule has 33 heavy (non-hydrogen) atoms. The van der Waals surface area contributed by atoms with Gasteiger partial charge in [0.15, 0.2) is 0 Å². The molecule has 1 amide bonds. The highest BCUT2D eigenvalue weighted by molar-refractivity contribution is 8.13. The highest BCUT2D eigenvalue weighted by Gasteiger charge is 2.33. The number of rotatable bonds is 6. The van der Waals surface area contributed by atoms with Crippen LogP contribution in [0.5, 0.6) is 5.75 Å². The third kappa shape index (κ3) is 5.44. The summed E-state index contributed by atoms with van der Waals surface area (Å²) in [4.78, 5) is 13.5. The summed E-state index contributed by atoms with van der Waals surface area (Å²) in [6, 6.07) is 14.5. The van der Waals surface area contributed by atoms with Gasteiger partial charge in [-0.2, -0.15) is 13.2 Å². The Morgan fingerprint density at radius 3 is 2.48 bits per heavy atom. The molecule has 0 saturated carbocycles. The van der Waals surface area contributed by atoms with E-state index in [0.29, 0.717) is 17.0 Å². The van der Waals surface area contributed by atoms with Gasteiger partial charge in [0.1, 0.15) is 5.75 Å². The normalized spacial score (nSPS) is 12.5. The summed E-state index contributed by atoms with van der Waals surface area (Å²) in [5.41, 5.74) is 0.300. The van der Waals surface area contributed by atoms with E-state index in [9.17, 15) is 23.1 Å². The van der Waals surface area contributed by atoms with Crippen LogP contribution in [0.3, 0.4) is 0 Å². The fourth-order valence-electron chi connectivity index (χ4n) is 3.36. The molecule has 0 aliphatic rings. The molecule has 3 aromatic carbocycles. The number of ether oxygens (including phenoxy) is 1. The van der Waals surface area contributed by atoms with Crippen LogP contribution in [-0.2, 0) is 12.8 Å². The lowest BCUT2D eigenvalue weighted by atomic mass is 9.95. The standard InChI is InChI=1S/C24H23F3N2O3S/c1-3-33(28)22-11-8-15(13-21(22)32-2)23(31)29-17-9-10-18(16(12-17)14-30)19-6-4-5-7-20(19)24(25,26)27/h3-13,30H,14,28H2,1-2H3,(H,29,31). The first-order valence-electron chi connectivity index (χ1n) is 9.86. The van der Waals surface area contributed by atoms with Gasteiger partial charge in [-0.15, -0.1) is 0 Å². The second kappa shape index (κ2) is 10.2. The molecule has 0 fully saturated rings. The van der Waals surface area contributed by atoms with E-state index in [2.05, 4.69) is 5.32 Å². The molecular formula is C24H23F3N2O3S. The molecule has 174 valence electrons. The molecule has 0 aliphatic heterocycles. The van der Waals surface area contributed by atoms with Crippen molar-refractivity contribution in [3.63, 3.8) is 0 Å². The van der Waals surface area contributed by atoms with Crippen molar-refractivity contribution in [2.24, 2.45) is 5.14 Å². The number of aliphatic hydroxyl groups is 1. The lowest BCUT2D eigenvalue weighted by molar-refractivity contribution is -0.137. The molecule has 0 saturated heterocycles. The maximum atomic E-state index is 13.4. The lowest BCUT2D eigenvalue weighted by Crippen LogP contribution is -2.13. The van der Waals surface area contributed by atoms with E-state index in [1.165, 1.54) is 43.5 Å². The molecule has 0 aromatic heterocycles. The van der Waals surface area contributed by atoms with Crippen LogP contribution in [0.15, 0.2) is 65.6 Å². The fourth-order valence-corrected chi connectivity index (χ4v) is 4.22. The van der Waals surface area contributed by atoms with Gasteiger partial charge in [-0.05, 0) is 65.4 Å². The van der Waals surface area contributed by atoms with Crippen molar-refractivity contribution in [2.75, 3.05) is 12.4 Å². The molecule has 3 aromatic rings. The number of anilines is 1. The van der Waals surface area contributed by atoms with E-state index < -0.39 is 34.9 Å². The summed E-state index contributed by atoms with van der Waals surface area (Å²) in [5, 5.41) is 20.4. The number of aliphatic hydroxyl groups excluding tert-OH is 1. The second-order valence-corrected chi connectivity index (χ2v) is 8.66. The van der Waals surface area contributed by atoms with Crippen molar-refractivity contribution >= 4 is 27.6 Å². The van der Waals surface area contributed by atoms with Crippen LogP contribution in [0.2, 0.25) is 0 Å². The first kappa shape index (κ1) is 24.5. The fraction of sp³-hybridized carbons (Fsp3) is 0.167. The van der Waals surface area contributed by atoms with Crippen LogP contribution < -0.4 is 15.2 Å². The first-order chi connectivity index (χ1) is 15.7. The van der Waals surface area contributed by atoms with Gasteiger partial charge < -0.3 is 15.2 Å². The predicted octanol–water partition coefficient (Wildman–Crippen LogP) is 5.45. The topological polar surface area (TPSA) is 84.6 Å². The number of nitrogens with two attached hydrogens (primary N) is 1. The van der Waals surface area contributed by atoms with Gasteiger partial charge in [0, 0.05) is 11.3 Å². The minimum Gasteiger partial charge on any atom is -0.496 e. The third-order valence-corrected chi connectivity index (χ3v) is 6.34. The minimum atomic E-state index is -4.54. The number of halogens is 3. The number of carbonyl (C=O) groups excluding carboxylic acids is 1. The van der Waals surface area contributed by atoms with Crippen molar-refractivity contribution in [1.82, 2.24) is 0 Å². The van der Waals surface area contributed by atoms with Gasteiger partial charge in [-0.1, -0.05) is 34.9 Å². The number of nitrogens with one attached hydrogen (secondary N) is 1. The molecule has 0 bridgehead atoms. The number of methoxy groups -OCH3 is 1. The van der Waals surface area contributed by atoms with Gasteiger partial charge >= 0.3 is 6.18 Å². The zero-order chi connectivity index (χ0) is 24.2. The number of carbonyl (C=O) groups is 1. The molecule has 0 heterocycles. The van der Waals surface area contributed by atoms with Gasteiger partial charge in [-0.25, -0.2) is 0 Å². The maximum Gasteiger partial charge on any atom is 0.417 e. The van der Waals surface area contributed by atoms with Crippen molar-refractivity contribution in [1.29, 1.82) is 0 Å². The Balaban J connectivity index is 1.92. The summed E-state index contributed by atoms with van der Waals surface area (Å²) < 4.78 is 45.6. The lowest BCUT2D eigenvalue weighted by Gasteiger charge is -2.16. The predicted molar refractivity (Wildman–Crippen MR) is 126 cm³/mol. The average molecular weight is 477 g/mol. The molecule has 0 radical (unpaired) electrons. The molecule has 1 unspecified atom stereocenters. The highest BCUT2D eigenvalue weighted by atomic mass is 32.2. The Morgan fingerprint density at radius 2 is 1.85 bits per heavy atom. The maximum absolute atomic E-state index is 13.4. The Hall–Kier alpha value is -3.14. The van der Waals surface area contributed by atoms with Gasteiger partial charge in [0.05, 0.1) is 24.2 Å². The van der Waals surface area contributed by atoms with Gasteiger partial charge in [0.25, 0.3) is 5.91 Å². The molecule has 4 N–H and O–H groups in total. The second-order valence-electron chi connectivity index (χ2n) is 7.00. The Labute approximate surface area is 192 Å². The van der Waals surface area contributed by atoms with Crippen LogP contribution in [0.4, 0.5) is 18.9 Å². The Morgan fingerprint density at radius 1 is 1.12 bits per heavy atom. The summed E-state index contributed by atoms with van der Waals surface area (Å²) >= 11 is 0. The average Bonchev–Trinajstić information content (AvgIpc) is 2.82. The van der Waals surface area contributed by atoms with Crippen molar-refractivity contribution < 1.29 is 27.8 Å². The Kier molecular flexibility index (Phi) is 7.57. The van der Waals surface area contributed by atoms with Gasteiger partial charge in [0.2, 0.25) is 0 Å². The van der Waals surface area contributed by atoms with E-state index >= 15 is 0 Å². The van der Waals surface area contributed by atoms with E-state index in [1.807, 2.05) is 12.3 Å². The molecule has 1 atom stereocenters. The number of hydrogen-bond donors (Lipinski definition) is 3. The van der Waals surface area contributed by atoms with Crippen LogP contribution in [0, 0.1) is 0 Å². The van der Waals surface area contributed by atoms with E-state index in [-0.39, 0.29) is 16.7 Å². The van der Waals surface area contributed by atoms with Crippen molar-refractivity contribution in [3.8, 4) is 16.9 Å². The minimum absolute atomic E-state index is 0.0443. The number of amides is 1. The summed E-state index contributed by atoms with van der Waals surface area (Å²) in [6.45, 7) is 1.33. The molecule has 0 aliphatic carbocycles. The van der Waals surface area contributed by atoms with E-state index in [4.69, 9.17) is 9.88 Å². The molecule has 5 nitrogen and oxygen atoms in total. The van der Waals surface area contributed by atoms with Crippen LogP contribution in [0.1, 0.15) is 28.4 Å². The van der Waals surface area contributed by atoms with E-state index in [1.54, 1.807) is 18.2 Å². The number of benzene rings is 3. The number of hydrogen-bond acceptors (Lipinski definition) is 4. The smallest absolute Gasteiger partial charge is 0.417 e. The molecule has 0 spiro atoms. The van der Waals surface area contributed by atoms with Crippen molar-refractivity contribution in [2.45, 2.75) is 24.6 Å². The molecular weight excluding hydrogens is 453 g/mol.